The van der Waals surface area contributed by atoms with E-state index < -0.39 is 0 Å². The number of carbonyl (C=O) groups excluding carboxylic acids is 1. The van der Waals surface area contributed by atoms with Gasteiger partial charge in [0.1, 0.15) is 4.83 Å². The summed E-state index contributed by atoms with van der Waals surface area (Å²) in [5, 5.41) is 3.35. The molecule has 2 heterocycles. The Bertz CT molecular complexity index is 736. The average Bonchev–Trinajstić information content (AvgIpc) is 2.87. The fourth-order valence-electron chi connectivity index (χ4n) is 2.41. The number of unbranched alkanes of at least 4 members (excludes halogenated alkanes) is 2. The summed E-state index contributed by atoms with van der Waals surface area (Å²) in [6.07, 6.45) is 4.73. The van der Waals surface area contributed by atoms with E-state index in [1.54, 1.807) is 18.0 Å². The van der Waals surface area contributed by atoms with Gasteiger partial charge in [0.2, 0.25) is 0 Å². The minimum Gasteiger partial charge on any atom is -0.383 e. The molecule has 126 valence electrons. The normalized spacial score (nSPS) is 11.1. The Hall–Kier alpha value is -1.73. The van der Waals surface area contributed by atoms with Crippen LogP contribution in [-0.2, 0) is 11.3 Å². The first-order valence-electron chi connectivity index (χ1n) is 7.85. The molecule has 0 aliphatic rings. The molecule has 2 aromatic rings. The third kappa shape index (κ3) is 3.97. The molecule has 0 aliphatic carbocycles. The molecular formula is C16H23N3O3S. The lowest BCUT2D eigenvalue weighted by Gasteiger charge is -2.04. The molecule has 0 unspecified atom stereocenters. The number of rotatable bonds is 8. The van der Waals surface area contributed by atoms with Crippen molar-refractivity contribution in [1.29, 1.82) is 0 Å². The summed E-state index contributed by atoms with van der Waals surface area (Å²) in [6, 6.07) is 0. The maximum absolute atomic E-state index is 12.6. The number of hydrogen-bond acceptors (Lipinski definition) is 5. The van der Waals surface area contributed by atoms with Gasteiger partial charge in [-0.1, -0.05) is 19.8 Å². The van der Waals surface area contributed by atoms with Gasteiger partial charge in [0.15, 0.2) is 0 Å². The van der Waals surface area contributed by atoms with Gasteiger partial charge in [-0.2, -0.15) is 0 Å². The molecule has 0 saturated heterocycles. The van der Waals surface area contributed by atoms with Crippen molar-refractivity contribution in [2.24, 2.45) is 0 Å². The molecular weight excluding hydrogens is 314 g/mol. The van der Waals surface area contributed by atoms with E-state index in [-0.39, 0.29) is 11.5 Å². The molecule has 1 N–H and O–H groups in total. The zero-order chi connectivity index (χ0) is 16.8. The summed E-state index contributed by atoms with van der Waals surface area (Å²) in [7, 11) is 1.59. The Morgan fingerprint density at radius 1 is 1.43 bits per heavy atom. The number of nitrogens with zero attached hydrogens (tertiary/aromatic N) is 2. The summed E-state index contributed by atoms with van der Waals surface area (Å²) in [5.74, 6) is -0.181. The molecule has 23 heavy (non-hydrogen) atoms. The number of amides is 1. The number of fused-ring (bicyclic) bond motifs is 1. The minimum absolute atomic E-state index is 0.0594. The second-order valence-corrected chi connectivity index (χ2v) is 6.43. The van der Waals surface area contributed by atoms with Crippen LogP contribution in [0, 0.1) is 6.92 Å². The highest BCUT2D eigenvalue weighted by Gasteiger charge is 2.19. The highest BCUT2D eigenvalue weighted by atomic mass is 32.1. The number of methoxy groups -OCH3 is 1. The van der Waals surface area contributed by atoms with E-state index in [1.165, 1.54) is 11.3 Å². The van der Waals surface area contributed by atoms with Gasteiger partial charge >= 0.3 is 0 Å². The van der Waals surface area contributed by atoms with Gasteiger partial charge in [0.05, 0.1) is 23.2 Å². The molecule has 0 radical (unpaired) electrons. The first-order valence-corrected chi connectivity index (χ1v) is 8.67. The van der Waals surface area contributed by atoms with E-state index in [9.17, 15) is 9.59 Å². The number of aromatic nitrogens is 2. The van der Waals surface area contributed by atoms with Crippen molar-refractivity contribution in [1.82, 2.24) is 14.9 Å². The van der Waals surface area contributed by atoms with E-state index in [0.29, 0.717) is 40.4 Å². The van der Waals surface area contributed by atoms with Crippen LogP contribution in [0.2, 0.25) is 0 Å². The zero-order valence-corrected chi connectivity index (χ0v) is 14.7. The predicted molar refractivity (Wildman–Crippen MR) is 92.4 cm³/mol. The van der Waals surface area contributed by atoms with Gasteiger partial charge in [-0.15, -0.1) is 11.3 Å². The maximum Gasteiger partial charge on any atom is 0.262 e. The van der Waals surface area contributed by atoms with Crippen molar-refractivity contribution in [2.45, 2.75) is 39.7 Å². The largest absolute Gasteiger partial charge is 0.383 e. The lowest BCUT2D eigenvalue weighted by atomic mass is 10.2. The second kappa shape index (κ2) is 8.21. The van der Waals surface area contributed by atoms with Crippen LogP contribution in [0.15, 0.2) is 11.1 Å². The number of aryl methyl sites for hydroxylation is 2. The standard InChI is InChI=1S/C16H23N3O3S/c1-4-5-6-8-19-10-18-15-12(16(19)21)11(2)13(23-15)14(20)17-7-9-22-3/h10H,4-9H2,1-3H3,(H,17,20). The summed E-state index contributed by atoms with van der Waals surface area (Å²) < 4.78 is 6.57. The number of hydrogen-bond donors (Lipinski definition) is 1. The quantitative estimate of drug-likeness (QED) is 0.750. The first-order chi connectivity index (χ1) is 11.1. The molecule has 7 heteroatoms. The van der Waals surface area contributed by atoms with E-state index in [2.05, 4.69) is 17.2 Å². The first kappa shape index (κ1) is 17.6. The molecule has 1 amide bonds. The third-order valence-corrected chi connectivity index (χ3v) is 4.92. The fourth-order valence-corrected chi connectivity index (χ4v) is 3.47. The minimum atomic E-state index is -0.181. The van der Waals surface area contributed by atoms with Gasteiger partial charge in [-0.05, 0) is 18.9 Å². The van der Waals surface area contributed by atoms with Crippen LogP contribution in [0.25, 0.3) is 10.2 Å². The van der Waals surface area contributed by atoms with Crippen LogP contribution in [0.3, 0.4) is 0 Å². The van der Waals surface area contributed by atoms with Gasteiger partial charge < -0.3 is 10.1 Å². The molecule has 0 saturated carbocycles. The van der Waals surface area contributed by atoms with Crippen LogP contribution < -0.4 is 10.9 Å². The zero-order valence-electron chi connectivity index (χ0n) is 13.8. The molecule has 0 bridgehead atoms. The lowest BCUT2D eigenvalue weighted by Crippen LogP contribution is -2.26. The Labute approximate surface area is 139 Å². The van der Waals surface area contributed by atoms with Crippen molar-refractivity contribution in [3.63, 3.8) is 0 Å². The van der Waals surface area contributed by atoms with Crippen LogP contribution in [0.1, 0.15) is 41.4 Å². The number of carbonyl (C=O) groups is 1. The Morgan fingerprint density at radius 3 is 2.91 bits per heavy atom. The fraction of sp³-hybridized carbons (Fsp3) is 0.562. The number of nitrogens with one attached hydrogen (secondary N) is 1. The molecule has 6 nitrogen and oxygen atoms in total. The molecule has 0 atom stereocenters. The summed E-state index contributed by atoms with van der Waals surface area (Å²) >= 11 is 1.26. The van der Waals surface area contributed by atoms with E-state index in [0.717, 1.165) is 19.3 Å². The molecule has 0 aromatic carbocycles. The Kier molecular flexibility index (Phi) is 6.29. The number of thiophene rings is 1. The van der Waals surface area contributed by atoms with Gasteiger partial charge in [0, 0.05) is 20.2 Å². The van der Waals surface area contributed by atoms with E-state index >= 15 is 0 Å². The Balaban J connectivity index is 2.29. The van der Waals surface area contributed by atoms with Gasteiger partial charge in [-0.25, -0.2) is 4.98 Å². The van der Waals surface area contributed by atoms with Crippen LogP contribution in [-0.4, -0.2) is 35.7 Å². The number of ether oxygens (including phenoxy) is 1. The van der Waals surface area contributed by atoms with Crippen molar-refractivity contribution in [3.05, 3.63) is 27.1 Å². The van der Waals surface area contributed by atoms with E-state index in [4.69, 9.17) is 4.74 Å². The smallest absolute Gasteiger partial charge is 0.262 e. The van der Waals surface area contributed by atoms with Gasteiger partial charge in [0.25, 0.3) is 11.5 Å². The van der Waals surface area contributed by atoms with Crippen molar-refractivity contribution in [2.75, 3.05) is 20.3 Å². The molecule has 0 spiro atoms. The summed E-state index contributed by atoms with van der Waals surface area (Å²) in [4.78, 5) is 30.4. The third-order valence-electron chi connectivity index (χ3n) is 3.72. The summed E-state index contributed by atoms with van der Waals surface area (Å²) in [6.45, 7) is 5.50. The van der Waals surface area contributed by atoms with Crippen LogP contribution in [0.4, 0.5) is 0 Å². The van der Waals surface area contributed by atoms with Crippen molar-refractivity contribution in [3.8, 4) is 0 Å². The molecule has 0 aliphatic heterocycles. The van der Waals surface area contributed by atoms with Crippen molar-refractivity contribution >= 4 is 27.5 Å². The summed E-state index contributed by atoms with van der Waals surface area (Å²) in [5.41, 5.74) is 0.651. The monoisotopic (exact) mass is 337 g/mol. The van der Waals surface area contributed by atoms with Crippen LogP contribution in [0.5, 0.6) is 0 Å². The lowest BCUT2D eigenvalue weighted by molar-refractivity contribution is 0.0940. The molecule has 2 rings (SSSR count). The molecule has 2 aromatic heterocycles. The van der Waals surface area contributed by atoms with Crippen molar-refractivity contribution < 1.29 is 9.53 Å². The topological polar surface area (TPSA) is 73.2 Å². The second-order valence-electron chi connectivity index (χ2n) is 5.44. The highest BCUT2D eigenvalue weighted by molar-refractivity contribution is 7.20. The SMILES string of the molecule is CCCCCn1cnc2sc(C(=O)NCCOC)c(C)c2c1=O. The average molecular weight is 337 g/mol. The highest BCUT2D eigenvalue weighted by Crippen LogP contribution is 2.26. The molecule has 0 fully saturated rings. The Morgan fingerprint density at radius 2 is 2.22 bits per heavy atom. The van der Waals surface area contributed by atoms with Gasteiger partial charge in [-0.3, -0.25) is 14.2 Å². The van der Waals surface area contributed by atoms with Crippen LogP contribution >= 0.6 is 11.3 Å². The maximum atomic E-state index is 12.6. The predicted octanol–water partition coefficient (Wildman–Crippen LogP) is 2.33. The van der Waals surface area contributed by atoms with E-state index in [1.807, 2.05) is 6.92 Å².